The van der Waals surface area contributed by atoms with Crippen LogP contribution in [0.25, 0.3) is 22.7 Å². The molecule has 0 amide bonds. The molecule has 0 unspecified atom stereocenters. The molecule has 6 rings (SSSR count). The molecular weight excluding hydrogens is 424 g/mol. The Morgan fingerprint density at radius 2 is 1.82 bits per heavy atom. The number of aromatic nitrogens is 5. The number of fused-ring (bicyclic) bond motifs is 5. The van der Waals surface area contributed by atoms with E-state index in [0.29, 0.717) is 17.3 Å². The Bertz CT molecular complexity index is 1400. The zero-order valence-corrected chi connectivity index (χ0v) is 18.4. The van der Waals surface area contributed by atoms with Crippen molar-refractivity contribution in [3.63, 3.8) is 0 Å². The third-order valence-corrected chi connectivity index (χ3v) is 7.55. The van der Waals surface area contributed by atoms with Crippen LogP contribution in [-0.4, -0.2) is 25.1 Å². The third-order valence-electron chi connectivity index (χ3n) is 7.55. The van der Waals surface area contributed by atoms with Crippen LogP contribution in [0.2, 0.25) is 0 Å². The predicted octanol–water partition coefficient (Wildman–Crippen LogP) is 5.38. The van der Waals surface area contributed by atoms with E-state index in [-0.39, 0.29) is 22.6 Å². The fraction of sp³-hybridized carbons (Fsp3) is 0.320. The predicted molar refractivity (Wildman–Crippen MR) is 116 cm³/mol. The average Bonchev–Trinajstić information content (AvgIpc) is 3.40. The highest BCUT2D eigenvalue weighted by atomic mass is 19.1. The molecule has 4 aromatic rings. The Morgan fingerprint density at radius 1 is 1.03 bits per heavy atom. The van der Waals surface area contributed by atoms with Gasteiger partial charge in [0.15, 0.2) is 11.7 Å². The Hall–Kier alpha value is -3.55. The average molecular weight is 445 g/mol. The summed E-state index contributed by atoms with van der Waals surface area (Å²) >= 11 is 0. The van der Waals surface area contributed by atoms with Crippen LogP contribution in [0, 0.1) is 24.0 Å². The summed E-state index contributed by atoms with van der Waals surface area (Å²) in [5.74, 6) is -0.0268. The van der Waals surface area contributed by atoms with E-state index in [1.165, 1.54) is 18.2 Å². The summed E-state index contributed by atoms with van der Waals surface area (Å²) in [6, 6.07) is 5.61. The molecule has 0 radical (unpaired) electrons. The lowest BCUT2D eigenvalue weighted by atomic mass is 9.66. The highest BCUT2D eigenvalue weighted by Gasteiger charge is 2.65. The Labute approximate surface area is 189 Å². The van der Waals surface area contributed by atoms with Gasteiger partial charge < -0.3 is 4.42 Å². The number of rotatable bonds is 3. The van der Waals surface area contributed by atoms with Crippen LogP contribution < -0.4 is 0 Å². The minimum Gasteiger partial charge on any atom is -0.439 e. The van der Waals surface area contributed by atoms with Gasteiger partial charge in [-0.1, -0.05) is 19.9 Å². The maximum atomic E-state index is 14.4. The maximum absolute atomic E-state index is 14.4. The molecule has 2 aliphatic carbocycles. The van der Waals surface area contributed by atoms with Crippen molar-refractivity contribution >= 4 is 0 Å². The maximum Gasteiger partial charge on any atom is 0.191 e. The van der Waals surface area contributed by atoms with Crippen LogP contribution in [0.1, 0.15) is 55.4 Å². The molecule has 2 aliphatic rings. The molecule has 8 heteroatoms. The molecule has 6 nitrogen and oxygen atoms in total. The number of hydrogen-bond acceptors (Lipinski definition) is 6. The van der Waals surface area contributed by atoms with Crippen molar-refractivity contribution in [3.8, 4) is 22.7 Å². The summed E-state index contributed by atoms with van der Waals surface area (Å²) < 4.78 is 34.5. The molecule has 0 N–H and O–H groups in total. The molecule has 3 heterocycles. The van der Waals surface area contributed by atoms with Gasteiger partial charge in [-0.25, -0.2) is 18.7 Å². The van der Waals surface area contributed by atoms with E-state index < -0.39 is 17.0 Å². The van der Waals surface area contributed by atoms with Gasteiger partial charge in [-0.3, -0.25) is 4.98 Å². The second-order valence-electron chi connectivity index (χ2n) is 9.38. The summed E-state index contributed by atoms with van der Waals surface area (Å²) in [6.07, 6.45) is 6.83. The van der Waals surface area contributed by atoms with Crippen LogP contribution in [0.5, 0.6) is 0 Å². The van der Waals surface area contributed by atoms with Gasteiger partial charge in [0.2, 0.25) is 0 Å². The second-order valence-corrected chi connectivity index (χ2v) is 9.38. The first-order valence-electron chi connectivity index (χ1n) is 10.9. The third kappa shape index (κ3) is 2.60. The van der Waals surface area contributed by atoms with E-state index in [1.54, 1.807) is 31.6 Å². The Kier molecular flexibility index (Phi) is 4.09. The van der Waals surface area contributed by atoms with Gasteiger partial charge in [0.25, 0.3) is 0 Å². The molecule has 0 aliphatic heterocycles. The van der Waals surface area contributed by atoms with E-state index in [9.17, 15) is 8.78 Å². The van der Waals surface area contributed by atoms with Gasteiger partial charge in [0, 0.05) is 13.1 Å². The first-order valence-corrected chi connectivity index (χ1v) is 10.9. The summed E-state index contributed by atoms with van der Waals surface area (Å²) in [4.78, 5) is 13.5. The second kappa shape index (κ2) is 6.73. The highest BCUT2D eigenvalue weighted by Crippen LogP contribution is 2.69. The van der Waals surface area contributed by atoms with Gasteiger partial charge in [-0.2, -0.15) is 5.10 Å². The monoisotopic (exact) mass is 445 g/mol. The SMILES string of the molecule is Cc1ncc(-c2cncc([C@@]34CC[C@@H](c5cc(-c6c(F)cccc6F)nnc53)C4(C)C)n2)o1. The van der Waals surface area contributed by atoms with Gasteiger partial charge in [-0.15, -0.1) is 5.10 Å². The van der Waals surface area contributed by atoms with Gasteiger partial charge >= 0.3 is 0 Å². The standard InChI is InChI=1S/C25H21F2N5O/c1-13-29-11-20(33-13)19-10-28-12-21(30-19)25-8-7-15(24(25,2)3)14-9-18(31-32-23(14)25)22-16(26)5-4-6-17(22)27/h4-6,9-12,15H,7-8H2,1-3H3/t15-,25-/m0/s1. The number of aryl methyl sites for hydroxylation is 1. The first kappa shape index (κ1) is 20.1. The van der Waals surface area contributed by atoms with E-state index in [2.05, 4.69) is 34.0 Å². The fourth-order valence-electron chi connectivity index (χ4n) is 5.93. The Balaban J connectivity index is 1.53. The minimum atomic E-state index is -0.651. The molecule has 0 saturated heterocycles. The summed E-state index contributed by atoms with van der Waals surface area (Å²) in [5.41, 5.74) is 2.49. The van der Waals surface area contributed by atoms with Crippen molar-refractivity contribution in [1.82, 2.24) is 25.1 Å². The summed E-state index contributed by atoms with van der Waals surface area (Å²) in [5, 5.41) is 8.84. The van der Waals surface area contributed by atoms with Crippen LogP contribution in [0.15, 0.2) is 47.3 Å². The number of oxazole rings is 1. The van der Waals surface area contributed by atoms with Gasteiger partial charge in [0.1, 0.15) is 17.3 Å². The smallest absolute Gasteiger partial charge is 0.191 e. The molecule has 0 spiro atoms. The lowest BCUT2D eigenvalue weighted by Crippen LogP contribution is -2.38. The number of halogens is 2. The molecule has 1 saturated carbocycles. The van der Waals surface area contributed by atoms with Crippen LogP contribution in [-0.2, 0) is 5.41 Å². The Morgan fingerprint density at radius 3 is 2.55 bits per heavy atom. The molecule has 1 aromatic carbocycles. The van der Waals surface area contributed by atoms with Crippen molar-refractivity contribution in [3.05, 3.63) is 77.3 Å². The van der Waals surface area contributed by atoms with E-state index in [1.807, 2.05) is 0 Å². The lowest BCUT2D eigenvalue weighted by molar-refractivity contribution is 0.242. The largest absolute Gasteiger partial charge is 0.439 e. The summed E-state index contributed by atoms with van der Waals surface area (Å²) in [6.45, 7) is 6.17. The van der Waals surface area contributed by atoms with Crippen molar-refractivity contribution < 1.29 is 13.2 Å². The highest BCUT2D eigenvalue weighted by molar-refractivity contribution is 5.64. The number of hydrogen-bond donors (Lipinski definition) is 0. The van der Waals surface area contributed by atoms with Gasteiger partial charge in [-0.05, 0) is 47.9 Å². The number of benzene rings is 1. The van der Waals surface area contributed by atoms with Crippen molar-refractivity contribution in [1.29, 1.82) is 0 Å². The summed E-state index contributed by atoms with van der Waals surface area (Å²) in [7, 11) is 0. The molecule has 33 heavy (non-hydrogen) atoms. The van der Waals surface area contributed by atoms with Gasteiger partial charge in [0.05, 0.1) is 40.5 Å². The van der Waals surface area contributed by atoms with E-state index >= 15 is 0 Å². The molecule has 2 bridgehead atoms. The van der Waals surface area contributed by atoms with Crippen molar-refractivity contribution in [2.45, 2.75) is 44.9 Å². The van der Waals surface area contributed by atoms with E-state index in [0.717, 1.165) is 29.8 Å². The molecule has 166 valence electrons. The van der Waals surface area contributed by atoms with Crippen LogP contribution in [0.3, 0.4) is 0 Å². The number of nitrogens with zero attached hydrogens (tertiary/aromatic N) is 5. The van der Waals surface area contributed by atoms with Crippen molar-refractivity contribution in [2.75, 3.05) is 0 Å². The molecule has 1 fully saturated rings. The fourth-order valence-corrected chi connectivity index (χ4v) is 5.93. The van der Waals surface area contributed by atoms with E-state index in [4.69, 9.17) is 9.40 Å². The lowest BCUT2D eigenvalue weighted by Gasteiger charge is -2.37. The zero-order chi connectivity index (χ0) is 23.0. The molecule has 2 atom stereocenters. The first-order chi connectivity index (χ1) is 15.8. The van der Waals surface area contributed by atoms with Crippen LogP contribution in [0.4, 0.5) is 8.78 Å². The van der Waals surface area contributed by atoms with Crippen molar-refractivity contribution in [2.24, 2.45) is 5.41 Å². The topological polar surface area (TPSA) is 77.6 Å². The minimum absolute atomic E-state index is 0.148. The molecular formula is C25H21F2N5O. The van der Waals surface area contributed by atoms with Crippen LogP contribution >= 0.6 is 0 Å². The quantitative estimate of drug-likeness (QED) is 0.421. The normalized spacial score (nSPS) is 22.5. The molecule has 3 aromatic heterocycles. The zero-order valence-electron chi connectivity index (χ0n) is 18.4.